The molecule has 1 unspecified atom stereocenters. The number of rotatable bonds is 7. The van der Waals surface area contributed by atoms with Crippen molar-refractivity contribution in [3.63, 3.8) is 0 Å². The van der Waals surface area contributed by atoms with Crippen molar-refractivity contribution in [3.8, 4) is 0 Å². The zero-order valence-electron chi connectivity index (χ0n) is 16.1. The van der Waals surface area contributed by atoms with Gasteiger partial charge >= 0.3 is 4.87 Å². The van der Waals surface area contributed by atoms with Crippen LogP contribution in [0.2, 0.25) is 0 Å². The Kier molecular flexibility index (Phi) is 7.03. The first-order chi connectivity index (χ1) is 13.6. The van der Waals surface area contributed by atoms with Crippen LogP contribution in [0, 0.1) is 3.57 Å². The minimum atomic E-state index is -3.79. The topological polar surface area (TPSA) is 104 Å². The number of carbonyl (C=O) groups excluding carboxylic acids is 1. The molecular formula is C18H23IN2O6S2. The number of nitrogens with zero attached hydrogens (tertiary/aromatic N) is 1. The maximum Gasteiger partial charge on any atom is 0.308 e. The Morgan fingerprint density at radius 3 is 2.86 bits per heavy atom. The van der Waals surface area contributed by atoms with Crippen molar-refractivity contribution in [2.24, 2.45) is 0 Å². The molecule has 1 aromatic carbocycles. The lowest BCUT2D eigenvalue weighted by molar-refractivity contribution is -0.201. The van der Waals surface area contributed by atoms with Crippen LogP contribution >= 0.6 is 33.9 Å². The number of halogens is 1. The molecule has 8 nitrogen and oxygen atoms in total. The summed E-state index contributed by atoms with van der Waals surface area (Å²) in [4.78, 5) is 30.2. The van der Waals surface area contributed by atoms with E-state index < -0.39 is 26.8 Å². The van der Waals surface area contributed by atoms with E-state index in [0.717, 1.165) is 44.2 Å². The molecule has 11 heteroatoms. The van der Waals surface area contributed by atoms with E-state index in [1.165, 1.54) is 11.5 Å². The summed E-state index contributed by atoms with van der Waals surface area (Å²) in [7, 11) is -3.79. The third-order valence-electron chi connectivity index (χ3n) is 5.16. The van der Waals surface area contributed by atoms with Gasteiger partial charge in [-0.2, -0.15) is 0 Å². The number of aryl methyl sites for hydroxylation is 1. The molecule has 0 bridgehead atoms. The molecule has 1 aromatic heterocycles. The highest BCUT2D eigenvalue weighted by Crippen LogP contribution is 2.25. The number of hydrogen-bond acceptors (Lipinski definition) is 7. The third-order valence-corrected chi connectivity index (χ3v) is 8.80. The van der Waals surface area contributed by atoms with Crippen LogP contribution in [-0.4, -0.2) is 42.8 Å². The lowest BCUT2D eigenvalue weighted by Gasteiger charge is -2.28. The van der Waals surface area contributed by atoms with E-state index in [-0.39, 0.29) is 17.8 Å². The summed E-state index contributed by atoms with van der Waals surface area (Å²) in [5.74, 6) is -0.767. The van der Waals surface area contributed by atoms with E-state index in [0.29, 0.717) is 13.0 Å². The minimum Gasteiger partial charge on any atom is -0.350 e. The number of sulfone groups is 1. The highest BCUT2D eigenvalue weighted by Gasteiger charge is 2.44. The van der Waals surface area contributed by atoms with Crippen LogP contribution in [-0.2, 0) is 30.8 Å². The predicted octanol–water partition coefficient (Wildman–Crippen LogP) is 2.44. The third kappa shape index (κ3) is 5.01. The first-order valence-electron chi connectivity index (χ1n) is 9.18. The monoisotopic (exact) mass is 554 g/mol. The molecule has 1 saturated heterocycles. The Hall–Kier alpha value is -1.02. The van der Waals surface area contributed by atoms with Crippen molar-refractivity contribution < 1.29 is 22.8 Å². The normalized spacial score (nSPS) is 19.8. The molecule has 1 fully saturated rings. The number of nitrogens with one attached hydrogen (secondary N) is 1. The first kappa shape index (κ1) is 22.7. The van der Waals surface area contributed by atoms with Crippen LogP contribution in [0.3, 0.4) is 0 Å². The van der Waals surface area contributed by atoms with Crippen LogP contribution in [0.15, 0.2) is 23.0 Å². The van der Waals surface area contributed by atoms with Gasteiger partial charge < -0.3 is 4.74 Å². The van der Waals surface area contributed by atoms with Crippen molar-refractivity contribution in [3.05, 3.63) is 31.4 Å². The zero-order chi connectivity index (χ0) is 21.2. The molecule has 1 N–H and O–H groups in total. The van der Waals surface area contributed by atoms with E-state index in [2.05, 4.69) is 28.1 Å². The van der Waals surface area contributed by atoms with Gasteiger partial charge in [0, 0.05) is 29.4 Å². The second-order valence-electron chi connectivity index (χ2n) is 7.23. The van der Waals surface area contributed by atoms with Crippen LogP contribution in [0.5, 0.6) is 0 Å². The van der Waals surface area contributed by atoms with Gasteiger partial charge in [0.15, 0.2) is 20.9 Å². The highest BCUT2D eigenvalue weighted by molar-refractivity contribution is 14.1. The molecule has 29 heavy (non-hydrogen) atoms. The SMILES string of the molecule is C[C@@](CCn1c(=O)sc2cc(I)ccc21)(C(=O)NOC1CCCCO1)S(C)(=O)=O. The summed E-state index contributed by atoms with van der Waals surface area (Å²) < 4.78 is 31.9. The van der Waals surface area contributed by atoms with Crippen molar-refractivity contribution in [2.75, 3.05) is 12.9 Å². The highest BCUT2D eigenvalue weighted by atomic mass is 127. The van der Waals surface area contributed by atoms with Gasteiger partial charge in [0.2, 0.25) is 0 Å². The van der Waals surface area contributed by atoms with Crippen LogP contribution in [0.25, 0.3) is 10.2 Å². The molecule has 1 aliphatic heterocycles. The van der Waals surface area contributed by atoms with Gasteiger partial charge in [-0.1, -0.05) is 11.3 Å². The number of amides is 1. The molecule has 2 heterocycles. The largest absolute Gasteiger partial charge is 0.350 e. The number of benzene rings is 1. The fraction of sp³-hybridized carbons (Fsp3) is 0.556. The number of ether oxygens (including phenoxy) is 1. The summed E-state index contributed by atoms with van der Waals surface area (Å²) in [6.07, 6.45) is 2.84. The summed E-state index contributed by atoms with van der Waals surface area (Å²) in [5, 5.41) is 0. The summed E-state index contributed by atoms with van der Waals surface area (Å²) >= 11 is 3.27. The molecule has 0 radical (unpaired) electrons. The van der Waals surface area contributed by atoms with Gasteiger partial charge in [0.25, 0.3) is 5.91 Å². The minimum absolute atomic E-state index is 0.0652. The van der Waals surface area contributed by atoms with Gasteiger partial charge in [-0.3, -0.25) is 14.2 Å². The van der Waals surface area contributed by atoms with Gasteiger partial charge in [0.05, 0.1) is 10.2 Å². The van der Waals surface area contributed by atoms with Crippen LogP contribution in [0.4, 0.5) is 0 Å². The Balaban J connectivity index is 1.78. The molecule has 0 aliphatic carbocycles. The van der Waals surface area contributed by atoms with Crippen molar-refractivity contribution >= 4 is 59.9 Å². The number of thiazole rings is 1. The Morgan fingerprint density at radius 1 is 1.45 bits per heavy atom. The van der Waals surface area contributed by atoms with Gasteiger partial charge in [0.1, 0.15) is 0 Å². The standard InChI is InChI=1S/C18H23IN2O6S2/c1-18(29(2,24)25,16(22)20-27-15-5-3-4-10-26-15)8-9-21-13-7-6-12(19)11-14(13)28-17(21)23/h6-7,11,15H,3-5,8-10H2,1-2H3,(H,20,22)/t15?,18-/m1/s1. The summed E-state index contributed by atoms with van der Waals surface area (Å²) in [5.41, 5.74) is 2.99. The Bertz CT molecular complexity index is 1060. The van der Waals surface area contributed by atoms with E-state index in [4.69, 9.17) is 9.57 Å². The second kappa shape index (κ2) is 9.00. The van der Waals surface area contributed by atoms with Crippen molar-refractivity contribution in [1.29, 1.82) is 0 Å². The average molecular weight is 554 g/mol. The van der Waals surface area contributed by atoms with Crippen molar-refractivity contribution in [1.82, 2.24) is 10.0 Å². The Labute approximate surface area is 186 Å². The maximum absolute atomic E-state index is 12.8. The average Bonchev–Trinajstić information content (AvgIpc) is 2.98. The van der Waals surface area contributed by atoms with E-state index >= 15 is 0 Å². The zero-order valence-corrected chi connectivity index (χ0v) is 19.9. The predicted molar refractivity (Wildman–Crippen MR) is 119 cm³/mol. The number of carbonyl (C=O) groups is 1. The second-order valence-corrected chi connectivity index (χ2v) is 11.9. The molecule has 0 spiro atoms. The molecule has 0 saturated carbocycles. The van der Waals surface area contributed by atoms with E-state index in [1.807, 2.05) is 18.2 Å². The molecular weight excluding hydrogens is 531 g/mol. The summed E-state index contributed by atoms with van der Waals surface area (Å²) in [6, 6.07) is 5.61. The molecule has 1 amide bonds. The smallest absolute Gasteiger partial charge is 0.308 e. The fourth-order valence-electron chi connectivity index (χ4n) is 3.08. The number of aromatic nitrogens is 1. The maximum atomic E-state index is 12.8. The van der Waals surface area contributed by atoms with Gasteiger partial charge in [-0.25, -0.2) is 18.7 Å². The molecule has 2 atom stereocenters. The summed E-state index contributed by atoms with van der Waals surface area (Å²) in [6.45, 7) is 1.98. The first-order valence-corrected chi connectivity index (χ1v) is 13.0. The molecule has 2 aromatic rings. The number of hydroxylamine groups is 1. The van der Waals surface area contributed by atoms with Crippen molar-refractivity contribution in [2.45, 2.75) is 50.2 Å². The molecule has 3 rings (SSSR count). The number of hydrogen-bond donors (Lipinski definition) is 1. The van der Waals surface area contributed by atoms with Crippen LogP contribution < -0.4 is 10.4 Å². The lowest BCUT2D eigenvalue weighted by Crippen LogP contribution is -2.51. The number of fused-ring (bicyclic) bond motifs is 1. The molecule has 1 aliphatic rings. The van der Waals surface area contributed by atoms with E-state index in [1.54, 1.807) is 0 Å². The van der Waals surface area contributed by atoms with E-state index in [9.17, 15) is 18.0 Å². The Morgan fingerprint density at radius 2 is 2.21 bits per heavy atom. The van der Waals surface area contributed by atoms with Gasteiger partial charge in [-0.05, 0) is 67.0 Å². The molecule has 160 valence electrons. The fourth-order valence-corrected chi connectivity index (χ4v) is 5.58. The van der Waals surface area contributed by atoms with Crippen LogP contribution in [0.1, 0.15) is 32.6 Å². The van der Waals surface area contributed by atoms with Gasteiger partial charge in [-0.15, -0.1) is 0 Å². The lowest BCUT2D eigenvalue weighted by atomic mass is 10.1. The quantitative estimate of drug-likeness (QED) is 0.417.